The van der Waals surface area contributed by atoms with Crippen LogP contribution in [0.25, 0.3) is 0 Å². The fourth-order valence-corrected chi connectivity index (χ4v) is 3.75. The van der Waals surface area contributed by atoms with E-state index in [2.05, 4.69) is 91.6 Å². The molecule has 0 aromatic heterocycles. The second-order valence-corrected chi connectivity index (χ2v) is 6.29. The number of hydrogen-bond donors (Lipinski definition) is 0. The van der Waals surface area contributed by atoms with E-state index < -0.39 is 7.92 Å². The molecule has 2 rings (SSSR count). The van der Waals surface area contributed by atoms with Crippen molar-refractivity contribution in [2.24, 2.45) is 0 Å². The Balaban J connectivity index is 2.29. The molecule has 0 aliphatic heterocycles. The van der Waals surface area contributed by atoms with Crippen molar-refractivity contribution in [3.63, 3.8) is 0 Å². The lowest BCUT2D eigenvalue weighted by molar-refractivity contribution is 1.22. The maximum absolute atomic E-state index is 2.33. The van der Waals surface area contributed by atoms with Crippen LogP contribution in [0.3, 0.4) is 0 Å². The van der Waals surface area contributed by atoms with Crippen molar-refractivity contribution < 1.29 is 0 Å². The highest BCUT2D eigenvalue weighted by atomic mass is 31.1. The van der Waals surface area contributed by atoms with Gasteiger partial charge in [-0.05, 0) is 25.0 Å². The lowest BCUT2D eigenvalue weighted by atomic mass is 10.4. The molecule has 0 radical (unpaired) electrons. The Kier molecular flexibility index (Phi) is 5.59. The van der Waals surface area contributed by atoms with Crippen molar-refractivity contribution in [2.75, 3.05) is 0 Å². The first-order chi connectivity index (χ1) is 9.42. The molecule has 0 aliphatic carbocycles. The Bertz CT molecular complexity index is 487. The van der Waals surface area contributed by atoms with Crippen LogP contribution in [0.4, 0.5) is 0 Å². The summed E-state index contributed by atoms with van der Waals surface area (Å²) in [7, 11) is -0.399. The van der Waals surface area contributed by atoms with Gasteiger partial charge in [0.25, 0.3) is 0 Å². The van der Waals surface area contributed by atoms with Gasteiger partial charge in [0.1, 0.15) is 0 Å². The highest BCUT2D eigenvalue weighted by molar-refractivity contribution is 7.75. The van der Waals surface area contributed by atoms with Crippen LogP contribution in [0, 0.1) is 0 Å². The molecular formula is C18H19P. The number of rotatable bonds is 5. The first kappa shape index (κ1) is 13.8. The molecule has 19 heavy (non-hydrogen) atoms. The summed E-state index contributed by atoms with van der Waals surface area (Å²) < 4.78 is 0. The van der Waals surface area contributed by atoms with Crippen LogP contribution in [-0.2, 0) is 0 Å². The van der Waals surface area contributed by atoms with E-state index in [0.717, 1.165) is 6.42 Å². The summed E-state index contributed by atoms with van der Waals surface area (Å²) >= 11 is 0. The fraction of sp³-hybridized carbons (Fsp3) is 0.111. The van der Waals surface area contributed by atoms with E-state index in [1.165, 1.54) is 10.6 Å². The van der Waals surface area contributed by atoms with Gasteiger partial charge in [0.2, 0.25) is 0 Å². The quantitative estimate of drug-likeness (QED) is 0.548. The lowest BCUT2D eigenvalue weighted by Gasteiger charge is -2.13. The van der Waals surface area contributed by atoms with Gasteiger partial charge < -0.3 is 0 Å². The van der Waals surface area contributed by atoms with Crippen molar-refractivity contribution in [2.45, 2.75) is 13.3 Å². The molecule has 0 unspecified atom stereocenters. The zero-order valence-electron chi connectivity index (χ0n) is 11.2. The van der Waals surface area contributed by atoms with Crippen LogP contribution >= 0.6 is 7.92 Å². The Morgan fingerprint density at radius 1 is 0.789 bits per heavy atom. The van der Waals surface area contributed by atoms with E-state index in [0.29, 0.717) is 0 Å². The summed E-state index contributed by atoms with van der Waals surface area (Å²) in [6.45, 7) is 2.15. The van der Waals surface area contributed by atoms with Crippen LogP contribution in [-0.4, -0.2) is 0 Å². The van der Waals surface area contributed by atoms with Gasteiger partial charge >= 0.3 is 0 Å². The number of allylic oxidation sites excluding steroid dienone is 3. The molecule has 0 N–H and O–H groups in total. The van der Waals surface area contributed by atoms with Crippen LogP contribution in [0.2, 0.25) is 0 Å². The smallest absolute Gasteiger partial charge is 0.0157 e. The Morgan fingerprint density at radius 3 is 1.79 bits per heavy atom. The Morgan fingerprint density at radius 2 is 1.32 bits per heavy atom. The molecule has 0 amide bonds. The van der Waals surface area contributed by atoms with Crippen LogP contribution < -0.4 is 10.6 Å². The highest BCUT2D eigenvalue weighted by Crippen LogP contribution is 2.34. The molecule has 0 atom stereocenters. The predicted molar refractivity (Wildman–Crippen MR) is 87.6 cm³/mol. The van der Waals surface area contributed by atoms with Crippen molar-refractivity contribution in [3.8, 4) is 0 Å². The summed E-state index contributed by atoms with van der Waals surface area (Å²) in [5.74, 6) is 2.33. The largest absolute Gasteiger partial charge is 0.0848 e. The van der Waals surface area contributed by atoms with E-state index >= 15 is 0 Å². The van der Waals surface area contributed by atoms with Crippen molar-refractivity contribution in [3.05, 3.63) is 84.7 Å². The van der Waals surface area contributed by atoms with Crippen molar-refractivity contribution in [1.82, 2.24) is 0 Å². The summed E-state index contributed by atoms with van der Waals surface area (Å²) in [5, 5.41) is 2.79. The molecule has 96 valence electrons. The third-order valence-electron chi connectivity index (χ3n) is 2.79. The molecule has 2 aromatic rings. The first-order valence-electron chi connectivity index (χ1n) is 6.64. The van der Waals surface area contributed by atoms with Gasteiger partial charge in [0, 0.05) is 0 Å². The Hall–Kier alpha value is -1.65. The summed E-state index contributed by atoms with van der Waals surface area (Å²) in [6.07, 6.45) is 7.58. The molecule has 0 bridgehead atoms. The average molecular weight is 266 g/mol. The van der Waals surface area contributed by atoms with E-state index in [-0.39, 0.29) is 0 Å². The van der Waals surface area contributed by atoms with Gasteiger partial charge in [0.05, 0.1) is 0 Å². The maximum Gasteiger partial charge on any atom is -0.0157 e. The van der Waals surface area contributed by atoms with E-state index in [4.69, 9.17) is 0 Å². The van der Waals surface area contributed by atoms with E-state index in [1.807, 2.05) is 0 Å². The third-order valence-corrected chi connectivity index (χ3v) is 4.97. The zero-order chi connectivity index (χ0) is 13.3. The van der Waals surface area contributed by atoms with Crippen LogP contribution in [0.15, 0.2) is 84.7 Å². The zero-order valence-corrected chi connectivity index (χ0v) is 12.1. The average Bonchev–Trinajstić information content (AvgIpc) is 2.49. The minimum Gasteiger partial charge on any atom is -0.0848 e. The molecule has 1 heteroatoms. The lowest BCUT2D eigenvalue weighted by Crippen LogP contribution is -2.09. The molecule has 0 nitrogen and oxygen atoms in total. The topological polar surface area (TPSA) is 0 Å². The Labute approximate surface area is 117 Å². The molecule has 0 spiro atoms. The monoisotopic (exact) mass is 266 g/mol. The summed E-state index contributed by atoms with van der Waals surface area (Å²) in [5.41, 5.74) is 0. The van der Waals surface area contributed by atoms with Gasteiger partial charge in [-0.15, -0.1) is 0 Å². The summed E-state index contributed by atoms with van der Waals surface area (Å²) in [4.78, 5) is 0. The van der Waals surface area contributed by atoms with Crippen LogP contribution in [0.1, 0.15) is 13.3 Å². The van der Waals surface area contributed by atoms with Crippen LogP contribution in [0.5, 0.6) is 0 Å². The van der Waals surface area contributed by atoms with Gasteiger partial charge in [-0.1, -0.05) is 91.6 Å². The van der Waals surface area contributed by atoms with Crippen molar-refractivity contribution >= 4 is 18.5 Å². The molecule has 0 fully saturated rings. The predicted octanol–water partition coefficient (Wildman–Crippen LogP) is 4.60. The molecule has 0 heterocycles. The minimum atomic E-state index is -0.399. The second kappa shape index (κ2) is 7.71. The number of hydrogen-bond acceptors (Lipinski definition) is 0. The van der Waals surface area contributed by atoms with E-state index in [1.54, 1.807) is 0 Å². The molecule has 0 saturated carbocycles. The van der Waals surface area contributed by atoms with E-state index in [9.17, 15) is 0 Å². The molecule has 2 aromatic carbocycles. The summed E-state index contributed by atoms with van der Waals surface area (Å²) in [6, 6.07) is 21.5. The standard InChI is InChI=1S/C18H19P/c1-2-3-4-11-16-19(17-12-7-5-8-13-17)18-14-9-6-10-15-18/h3-16H,2H2,1H3/b4-3-,16-11+. The molecular weight excluding hydrogens is 247 g/mol. The van der Waals surface area contributed by atoms with Gasteiger partial charge in [0.15, 0.2) is 0 Å². The van der Waals surface area contributed by atoms with Crippen molar-refractivity contribution in [1.29, 1.82) is 0 Å². The SMILES string of the molecule is CC/C=C\C=C\P(c1ccccc1)c1ccccc1. The first-order valence-corrected chi connectivity index (χ1v) is 8.05. The minimum absolute atomic E-state index is 0.399. The maximum atomic E-state index is 2.33. The molecule has 0 aliphatic rings. The fourth-order valence-electron chi connectivity index (χ4n) is 1.85. The second-order valence-electron chi connectivity index (χ2n) is 4.22. The number of benzene rings is 2. The highest BCUT2D eigenvalue weighted by Gasteiger charge is 2.08. The normalized spacial score (nSPS) is 11.7. The van der Waals surface area contributed by atoms with Gasteiger partial charge in [-0.25, -0.2) is 0 Å². The van der Waals surface area contributed by atoms with Gasteiger partial charge in [-0.3, -0.25) is 0 Å². The van der Waals surface area contributed by atoms with Gasteiger partial charge in [-0.2, -0.15) is 0 Å². The third kappa shape index (κ3) is 4.19. The molecule has 0 saturated heterocycles.